The normalized spacial score (nSPS) is 27.3. The molecule has 1 aliphatic rings. The van der Waals surface area contributed by atoms with Crippen molar-refractivity contribution >= 4 is 0 Å². The van der Waals surface area contributed by atoms with Gasteiger partial charge >= 0.3 is 0 Å². The van der Waals surface area contributed by atoms with E-state index >= 15 is 0 Å². The smallest absolute Gasteiger partial charge is 0.106 e. The van der Waals surface area contributed by atoms with Crippen LogP contribution in [0.1, 0.15) is 52.3 Å². The van der Waals surface area contributed by atoms with Crippen molar-refractivity contribution in [1.29, 1.82) is 0 Å². The molecule has 3 nitrogen and oxygen atoms in total. The first-order valence-corrected chi connectivity index (χ1v) is 7.28. The second-order valence-electron chi connectivity index (χ2n) is 6.58. The summed E-state index contributed by atoms with van der Waals surface area (Å²) >= 11 is 0. The van der Waals surface area contributed by atoms with Crippen molar-refractivity contribution in [2.45, 2.75) is 58.9 Å². The minimum Gasteiger partial charge on any atom is -0.349 e. The predicted octanol–water partition coefficient (Wildman–Crippen LogP) is 3.15. The van der Waals surface area contributed by atoms with E-state index in [1.165, 1.54) is 25.7 Å². The molecule has 0 aliphatic heterocycles. The standard InChI is InChI=1S/C15H27N3/c1-12-11-15(2,3)7-6-13(12)16-8-4-5-14-17-9-10-18-14/h9-10,12-13,16H,4-8,11H2,1-3H3,(H,17,18). The van der Waals surface area contributed by atoms with Crippen molar-refractivity contribution < 1.29 is 0 Å². The van der Waals surface area contributed by atoms with Crippen molar-refractivity contribution in [3.63, 3.8) is 0 Å². The van der Waals surface area contributed by atoms with E-state index in [0.717, 1.165) is 30.7 Å². The maximum atomic E-state index is 4.25. The number of aromatic amines is 1. The average molecular weight is 249 g/mol. The molecule has 0 bridgehead atoms. The van der Waals surface area contributed by atoms with E-state index in [0.29, 0.717) is 5.41 Å². The Kier molecular flexibility index (Phi) is 4.44. The fourth-order valence-electron chi connectivity index (χ4n) is 3.23. The van der Waals surface area contributed by atoms with Crippen LogP contribution in [0.5, 0.6) is 0 Å². The van der Waals surface area contributed by atoms with Crippen LogP contribution in [-0.2, 0) is 6.42 Å². The minimum absolute atomic E-state index is 0.547. The van der Waals surface area contributed by atoms with Gasteiger partial charge in [-0.3, -0.25) is 0 Å². The Balaban J connectivity index is 1.65. The fraction of sp³-hybridized carbons (Fsp3) is 0.800. The highest BCUT2D eigenvalue weighted by Crippen LogP contribution is 2.38. The molecule has 1 aromatic rings. The van der Waals surface area contributed by atoms with Gasteiger partial charge in [-0.15, -0.1) is 0 Å². The Morgan fingerprint density at radius 3 is 3.00 bits per heavy atom. The number of nitrogens with one attached hydrogen (secondary N) is 2. The van der Waals surface area contributed by atoms with E-state index in [4.69, 9.17) is 0 Å². The lowest BCUT2D eigenvalue weighted by atomic mass is 9.70. The summed E-state index contributed by atoms with van der Waals surface area (Å²) < 4.78 is 0. The summed E-state index contributed by atoms with van der Waals surface area (Å²) in [5, 5.41) is 3.73. The molecule has 2 atom stereocenters. The number of aromatic nitrogens is 2. The van der Waals surface area contributed by atoms with Crippen LogP contribution in [0.2, 0.25) is 0 Å². The lowest BCUT2D eigenvalue weighted by Gasteiger charge is -2.39. The van der Waals surface area contributed by atoms with Gasteiger partial charge in [-0.1, -0.05) is 20.8 Å². The second kappa shape index (κ2) is 5.87. The molecule has 1 heterocycles. The molecule has 2 rings (SSSR count). The van der Waals surface area contributed by atoms with Crippen LogP contribution in [0, 0.1) is 11.3 Å². The van der Waals surface area contributed by atoms with Gasteiger partial charge in [0.15, 0.2) is 0 Å². The van der Waals surface area contributed by atoms with Gasteiger partial charge in [-0.25, -0.2) is 4.98 Å². The van der Waals surface area contributed by atoms with Gasteiger partial charge in [0.25, 0.3) is 0 Å². The van der Waals surface area contributed by atoms with Crippen molar-refractivity contribution in [3.8, 4) is 0 Å². The third-order valence-electron chi connectivity index (χ3n) is 4.25. The van der Waals surface area contributed by atoms with Crippen LogP contribution in [0.4, 0.5) is 0 Å². The first-order chi connectivity index (χ1) is 8.57. The second-order valence-corrected chi connectivity index (χ2v) is 6.58. The van der Waals surface area contributed by atoms with Crippen LogP contribution in [0.3, 0.4) is 0 Å². The highest BCUT2D eigenvalue weighted by Gasteiger charge is 2.31. The first kappa shape index (κ1) is 13.6. The SMILES string of the molecule is CC1CC(C)(C)CCC1NCCCc1ncc[nH]1. The molecule has 0 spiro atoms. The lowest BCUT2D eigenvalue weighted by molar-refractivity contribution is 0.149. The topological polar surface area (TPSA) is 40.7 Å². The maximum absolute atomic E-state index is 4.25. The molecule has 1 fully saturated rings. The summed E-state index contributed by atoms with van der Waals surface area (Å²) in [4.78, 5) is 7.41. The number of imidazole rings is 1. The Morgan fingerprint density at radius 1 is 1.50 bits per heavy atom. The zero-order valence-corrected chi connectivity index (χ0v) is 12.0. The van der Waals surface area contributed by atoms with Crippen LogP contribution >= 0.6 is 0 Å². The number of hydrogen-bond acceptors (Lipinski definition) is 2. The lowest BCUT2D eigenvalue weighted by Crippen LogP contribution is -2.42. The number of nitrogens with zero attached hydrogens (tertiary/aromatic N) is 1. The summed E-state index contributed by atoms with van der Waals surface area (Å²) in [6, 6.07) is 0.717. The van der Waals surface area contributed by atoms with E-state index in [-0.39, 0.29) is 0 Å². The van der Waals surface area contributed by atoms with Crippen LogP contribution in [0.15, 0.2) is 12.4 Å². The molecule has 1 saturated carbocycles. The molecule has 1 aromatic heterocycles. The van der Waals surface area contributed by atoms with Gasteiger partial charge in [0.1, 0.15) is 5.82 Å². The van der Waals surface area contributed by atoms with Gasteiger partial charge in [-0.2, -0.15) is 0 Å². The predicted molar refractivity (Wildman–Crippen MR) is 75.5 cm³/mol. The largest absolute Gasteiger partial charge is 0.349 e. The molecule has 2 N–H and O–H groups in total. The molecule has 1 aliphatic carbocycles. The highest BCUT2D eigenvalue weighted by molar-refractivity contribution is 4.89. The Hall–Kier alpha value is -0.830. The summed E-state index contributed by atoms with van der Waals surface area (Å²) in [5.74, 6) is 1.91. The van der Waals surface area contributed by atoms with Crippen molar-refractivity contribution in [3.05, 3.63) is 18.2 Å². The average Bonchev–Trinajstić information content (AvgIpc) is 2.78. The Bertz CT molecular complexity index is 343. The summed E-state index contributed by atoms with van der Waals surface area (Å²) in [5.41, 5.74) is 0.547. The van der Waals surface area contributed by atoms with E-state index in [9.17, 15) is 0 Å². The van der Waals surface area contributed by atoms with Gasteiger partial charge < -0.3 is 10.3 Å². The van der Waals surface area contributed by atoms with Gasteiger partial charge in [0.05, 0.1) is 0 Å². The molecule has 18 heavy (non-hydrogen) atoms. The molecule has 3 heteroatoms. The minimum atomic E-state index is 0.547. The van der Waals surface area contributed by atoms with Crippen LogP contribution < -0.4 is 5.32 Å². The zero-order chi connectivity index (χ0) is 13.0. The fourth-order valence-corrected chi connectivity index (χ4v) is 3.23. The quantitative estimate of drug-likeness (QED) is 0.787. The number of H-pyrrole nitrogens is 1. The molecule has 102 valence electrons. The highest BCUT2D eigenvalue weighted by atomic mass is 14.9. The van der Waals surface area contributed by atoms with Crippen LogP contribution in [0.25, 0.3) is 0 Å². The Morgan fingerprint density at radius 2 is 2.33 bits per heavy atom. The number of hydrogen-bond donors (Lipinski definition) is 2. The van der Waals surface area contributed by atoms with E-state index in [1.807, 2.05) is 12.4 Å². The van der Waals surface area contributed by atoms with E-state index < -0.39 is 0 Å². The summed E-state index contributed by atoms with van der Waals surface area (Å²) in [7, 11) is 0. The molecular formula is C15H27N3. The summed E-state index contributed by atoms with van der Waals surface area (Å²) in [6.45, 7) is 8.30. The zero-order valence-electron chi connectivity index (χ0n) is 12.0. The maximum Gasteiger partial charge on any atom is 0.106 e. The molecule has 0 amide bonds. The van der Waals surface area contributed by atoms with Crippen molar-refractivity contribution in [1.82, 2.24) is 15.3 Å². The van der Waals surface area contributed by atoms with Gasteiger partial charge in [-0.05, 0) is 43.6 Å². The van der Waals surface area contributed by atoms with Gasteiger partial charge in [0.2, 0.25) is 0 Å². The molecular weight excluding hydrogens is 222 g/mol. The Labute approximate surface area is 111 Å². The van der Waals surface area contributed by atoms with E-state index in [2.05, 4.69) is 36.1 Å². The molecule has 0 saturated heterocycles. The van der Waals surface area contributed by atoms with Crippen molar-refractivity contribution in [2.75, 3.05) is 6.54 Å². The molecule has 2 unspecified atom stereocenters. The third kappa shape index (κ3) is 3.84. The molecule has 0 radical (unpaired) electrons. The van der Waals surface area contributed by atoms with Gasteiger partial charge in [0, 0.05) is 24.9 Å². The number of rotatable bonds is 5. The van der Waals surface area contributed by atoms with Crippen LogP contribution in [-0.4, -0.2) is 22.6 Å². The number of aryl methyl sites for hydroxylation is 1. The van der Waals surface area contributed by atoms with Crippen molar-refractivity contribution in [2.24, 2.45) is 11.3 Å². The first-order valence-electron chi connectivity index (χ1n) is 7.28. The third-order valence-corrected chi connectivity index (χ3v) is 4.25. The van der Waals surface area contributed by atoms with E-state index in [1.54, 1.807) is 0 Å². The summed E-state index contributed by atoms with van der Waals surface area (Å²) in [6.07, 6.45) is 9.97. The monoisotopic (exact) mass is 249 g/mol. The molecule has 0 aromatic carbocycles.